The van der Waals surface area contributed by atoms with Crippen LogP contribution in [0.5, 0.6) is 0 Å². The molecule has 0 saturated heterocycles. The lowest BCUT2D eigenvalue weighted by Gasteiger charge is -2.13. The van der Waals surface area contributed by atoms with E-state index in [1.54, 1.807) is 0 Å². The highest BCUT2D eigenvalue weighted by Gasteiger charge is 2.30. The second-order valence-corrected chi connectivity index (χ2v) is 3.11. The summed E-state index contributed by atoms with van der Waals surface area (Å²) in [4.78, 5) is 10.3. The molecule has 2 unspecified atom stereocenters. The number of nitrogens with two attached hydrogens (primary N) is 1. The van der Waals surface area contributed by atoms with E-state index in [-0.39, 0.29) is 0 Å². The number of hydrogen-bond acceptors (Lipinski definition) is 3. The zero-order chi connectivity index (χ0) is 8.43. The van der Waals surface area contributed by atoms with Crippen molar-refractivity contribution in [3.05, 3.63) is 0 Å². The van der Waals surface area contributed by atoms with E-state index >= 15 is 0 Å². The van der Waals surface area contributed by atoms with E-state index in [1.807, 2.05) is 0 Å². The summed E-state index contributed by atoms with van der Waals surface area (Å²) in [6.07, 6.45) is 1.86. The number of carbonyl (C=O) groups is 1. The van der Waals surface area contributed by atoms with Crippen molar-refractivity contribution in [2.45, 2.75) is 31.4 Å². The first kappa shape index (κ1) is 8.49. The summed E-state index contributed by atoms with van der Waals surface area (Å²) in [5, 5.41) is 17.6. The molecule has 1 rings (SSSR count). The third-order valence-corrected chi connectivity index (χ3v) is 1.97. The van der Waals surface area contributed by atoms with E-state index in [1.165, 1.54) is 0 Å². The highest BCUT2D eigenvalue weighted by atomic mass is 16.4. The molecule has 4 N–H and O–H groups in total. The predicted octanol–water partition coefficient (Wildman–Crippen LogP) is -0.441. The van der Waals surface area contributed by atoms with Crippen LogP contribution in [0.3, 0.4) is 0 Å². The normalized spacial score (nSPS) is 22.7. The van der Waals surface area contributed by atoms with Gasteiger partial charge in [0.05, 0.1) is 6.10 Å². The first-order valence-electron chi connectivity index (χ1n) is 3.77. The van der Waals surface area contributed by atoms with E-state index in [2.05, 4.69) is 0 Å². The standard InChI is InChI=1S/C7H13NO3/c8-6(7(10)11)5(9)3-4-1-2-4/h4-6,9H,1-3,8H2,(H,10,11). The third-order valence-electron chi connectivity index (χ3n) is 1.97. The van der Waals surface area contributed by atoms with Crippen LogP contribution in [-0.2, 0) is 4.79 Å². The van der Waals surface area contributed by atoms with Crippen LogP contribution in [0.25, 0.3) is 0 Å². The Morgan fingerprint density at radius 1 is 1.64 bits per heavy atom. The van der Waals surface area contributed by atoms with Gasteiger partial charge in [0.2, 0.25) is 0 Å². The number of carboxylic acids is 1. The van der Waals surface area contributed by atoms with Gasteiger partial charge in [-0.15, -0.1) is 0 Å². The molecular weight excluding hydrogens is 146 g/mol. The Balaban J connectivity index is 2.26. The lowest BCUT2D eigenvalue weighted by atomic mass is 10.1. The first-order valence-corrected chi connectivity index (χ1v) is 3.77. The molecule has 0 bridgehead atoms. The minimum Gasteiger partial charge on any atom is -0.480 e. The van der Waals surface area contributed by atoms with E-state index < -0.39 is 18.1 Å². The molecule has 1 saturated carbocycles. The smallest absolute Gasteiger partial charge is 0.323 e. The highest BCUT2D eigenvalue weighted by molar-refractivity contribution is 5.73. The van der Waals surface area contributed by atoms with Crippen molar-refractivity contribution in [3.8, 4) is 0 Å². The Bertz CT molecular complexity index is 156. The molecule has 64 valence electrons. The van der Waals surface area contributed by atoms with Crippen molar-refractivity contribution in [2.75, 3.05) is 0 Å². The summed E-state index contributed by atoms with van der Waals surface area (Å²) < 4.78 is 0. The molecule has 0 radical (unpaired) electrons. The third kappa shape index (κ3) is 2.48. The van der Waals surface area contributed by atoms with Gasteiger partial charge in [0.15, 0.2) is 0 Å². The zero-order valence-corrected chi connectivity index (χ0v) is 6.23. The van der Waals surface area contributed by atoms with E-state index in [4.69, 9.17) is 10.8 Å². The number of aliphatic hydroxyl groups is 1. The summed E-state index contributed by atoms with van der Waals surface area (Å²) in [6, 6.07) is -1.12. The molecule has 0 amide bonds. The highest BCUT2D eigenvalue weighted by Crippen LogP contribution is 2.33. The van der Waals surface area contributed by atoms with Gasteiger partial charge in [-0.25, -0.2) is 0 Å². The maximum absolute atomic E-state index is 10.3. The first-order chi connectivity index (χ1) is 5.11. The van der Waals surface area contributed by atoms with E-state index in [9.17, 15) is 9.90 Å². The maximum Gasteiger partial charge on any atom is 0.323 e. The SMILES string of the molecule is NC(C(=O)O)C(O)CC1CC1. The van der Waals surface area contributed by atoms with Crippen LogP contribution in [0.1, 0.15) is 19.3 Å². The van der Waals surface area contributed by atoms with Crippen molar-refractivity contribution >= 4 is 5.97 Å². The lowest BCUT2D eigenvalue weighted by molar-refractivity contribution is -0.141. The minimum atomic E-state index is -1.13. The van der Waals surface area contributed by atoms with Crippen molar-refractivity contribution < 1.29 is 15.0 Å². The molecule has 4 nitrogen and oxygen atoms in total. The van der Waals surface area contributed by atoms with Gasteiger partial charge in [0, 0.05) is 0 Å². The van der Waals surface area contributed by atoms with Crippen molar-refractivity contribution in [2.24, 2.45) is 11.7 Å². The Kier molecular flexibility index (Phi) is 2.46. The van der Waals surface area contributed by atoms with E-state index in [0.717, 1.165) is 12.8 Å². The number of rotatable bonds is 4. The van der Waals surface area contributed by atoms with Gasteiger partial charge in [0.25, 0.3) is 0 Å². The molecule has 0 aromatic rings. The van der Waals surface area contributed by atoms with Crippen LogP contribution in [0.2, 0.25) is 0 Å². The second kappa shape index (κ2) is 3.19. The fourth-order valence-electron chi connectivity index (χ4n) is 1.01. The van der Waals surface area contributed by atoms with E-state index in [0.29, 0.717) is 12.3 Å². The fraction of sp³-hybridized carbons (Fsp3) is 0.857. The zero-order valence-electron chi connectivity index (χ0n) is 6.23. The summed E-state index contributed by atoms with van der Waals surface area (Å²) in [7, 11) is 0. The number of hydrogen-bond donors (Lipinski definition) is 3. The van der Waals surface area contributed by atoms with Crippen LogP contribution in [-0.4, -0.2) is 28.3 Å². The van der Waals surface area contributed by atoms with Gasteiger partial charge in [-0.3, -0.25) is 4.79 Å². The Morgan fingerprint density at radius 2 is 2.18 bits per heavy atom. The van der Waals surface area contributed by atoms with Crippen molar-refractivity contribution in [3.63, 3.8) is 0 Å². The van der Waals surface area contributed by atoms with Crippen molar-refractivity contribution in [1.29, 1.82) is 0 Å². The molecule has 0 aliphatic heterocycles. The van der Waals surface area contributed by atoms with Gasteiger partial charge in [-0.1, -0.05) is 12.8 Å². The molecule has 2 atom stereocenters. The topological polar surface area (TPSA) is 83.6 Å². The Morgan fingerprint density at radius 3 is 2.55 bits per heavy atom. The molecule has 1 aliphatic carbocycles. The quantitative estimate of drug-likeness (QED) is 0.519. The average Bonchev–Trinajstić information content (AvgIpc) is 2.69. The average molecular weight is 159 g/mol. The molecule has 0 spiro atoms. The Hall–Kier alpha value is -0.610. The molecule has 0 aromatic heterocycles. The predicted molar refractivity (Wildman–Crippen MR) is 39.0 cm³/mol. The van der Waals surface area contributed by atoms with Crippen LogP contribution in [0.15, 0.2) is 0 Å². The van der Waals surface area contributed by atoms with Gasteiger partial charge >= 0.3 is 5.97 Å². The molecule has 11 heavy (non-hydrogen) atoms. The maximum atomic E-state index is 10.3. The molecule has 4 heteroatoms. The minimum absolute atomic E-state index is 0.510. The molecule has 1 aliphatic rings. The molecule has 0 heterocycles. The van der Waals surface area contributed by atoms with Crippen LogP contribution < -0.4 is 5.73 Å². The van der Waals surface area contributed by atoms with Crippen LogP contribution in [0.4, 0.5) is 0 Å². The molecule has 0 aromatic carbocycles. The van der Waals surface area contributed by atoms with Crippen LogP contribution in [0, 0.1) is 5.92 Å². The monoisotopic (exact) mass is 159 g/mol. The summed E-state index contributed by atoms with van der Waals surface area (Å²) >= 11 is 0. The van der Waals surface area contributed by atoms with Crippen molar-refractivity contribution in [1.82, 2.24) is 0 Å². The lowest BCUT2D eigenvalue weighted by Crippen LogP contribution is -2.41. The van der Waals surface area contributed by atoms with Gasteiger partial charge < -0.3 is 15.9 Å². The Labute approximate surface area is 65.0 Å². The number of aliphatic carboxylic acids is 1. The number of carboxylic acid groups (broad SMARTS) is 1. The van der Waals surface area contributed by atoms with Gasteiger partial charge in [-0.05, 0) is 12.3 Å². The second-order valence-electron chi connectivity index (χ2n) is 3.11. The fourth-order valence-corrected chi connectivity index (χ4v) is 1.01. The largest absolute Gasteiger partial charge is 0.480 e. The van der Waals surface area contributed by atoms with Crippen LogP contribution >= 0.6 is 0 Å². The molecule has 1 fully saturated rings. The van der Waals surface area contributed by atoms with Gasteiger partial charge in [-0.2, -0.15) is 0 Å². The van der Waals surface area contributed by atoms with Gasteiger partial charge in [0.1, 0.15) is 6.04 Å². The molecular formula is C7H13NO3. The summed E-state index contributed by atoms with van der Waals surface area (Å²) in [6.45, 7) is 0. The summed E-state index contributed by atoms with van der Waals surface area (Å²) in [5.74, 6) is -0.617. The number of aliphatic hydroxyl groups excluding tert-OH is 1. The summed E-state index contributed by atoms with van der Waals surface area (Å²) in [5.41, 5.74) is 5.19.